The van der Waals surface area contributed by atoms with Gasteiger partial charge in [0.1, 0.15) is 0 Å². The third-order valence-electron chi connectivity index (χ3n) is 4.87. The van der Waals surface area contributed by atoms with Gasteiger partial charge in [0.2, 0.25) is 0 Å². The number of benzene rings is 1. The molecule has 1 saturated heterocycles. The van der Waals surface area contributed by atoms with Gasteiger partial charge in [-0.05, 0) is 78.6 Å². The van der Waals surface area contributed by atoms with Crippen LogP contribution in [0.15, 0.2) is 22.7 Å². The van der Waals surface area contributed by atoms with E-state index in [0.29, 0.717) is 0 Å². The van der Waals surface area contributed by atoms with Gasteiger partial charge in [0.05, 0.1) is 5.69 Å². The molecule has 2 N–H and O–H groups in total. The van der Waals surface area contributed by atoms with E-state index in [1.807, 2.05) is 0 Å². The third kappa shape index (κ3) is 2.89. The number of piperidine rings is 1. The fourth-order valence-electron chi connectivity index (χ4n) is 4.04. The Hall–Kier alpha value is -0.540. The standard InChI is InChI=1S/C17H25BrN2/c1-12(19)10-13-7-8-17(15(18)11-13)20-9-3-5-14-4-2-6-16(14)20/h7-8,11-12,14,16H,2-6,9-10,19H2,1H3. The summed E-state index contributed by atoms with van der Waals surface area (Å²) in [5.74, 6) is 0.930. The Bertz CT molecular complexity index is 472. The van der Waals surface area contributed by atoms with Gasteiger partial charge in [-0.25, -0.2) is 0 Å². The van der Waals surface area contributed by atoms with E-state index in [1.165, 1.54) is 54.4 Å². The predicted molar refractivity (Wildman–Crippen MR) is 89.2 cm³/mol. The molecule has 1 aromatic carbocycles. The molecule has 3 unspecified atom stereocenters. The molecule has 1 aliphatic carbocycles. The number of nitrogens with zero attached hydrogens (tertiary/aromatic N) is 1. The monoisotopic (exact) mass is 336 g/mol. The van der Waals surface area contributed by atoms with Crippen molar-refractivity contribution in [3.05, 3.63) is 28.2 Å². The highest BCUT2D eigenvalue weighted by Crippen LogP contribution is 2.41. The number of nitrogens with two attached hydrogens (primary N) is 1. The largest absolute Gasteiger partial charge is 0.367 e. The maximum absolute atomic E-state index is 5.90. The van der Waals surface area contributed by atoms with Crippen LogP contribution in [-0.2, 0) is 6.42 Å². The molecule has 0 amide bonds. The van der Waals surface area contributed by atoms with Crippen LogP contribution < -0.4 is 10.6 Å². The molecule has 3 rings (SSSR count). The zero-order valence-corrected chi connectivity index (χ0v) is 13.9. The molecule has 0 bridgehead atoms. The molecule has 0 aromatic heterocycles. The predicted octanol–water partition coefficient (Wildman–Crippen LogP) is 4.11. The molecule has 2 aliphatic rings. The fourth-order valence-corrected chi connectivity index (χ4v) is 4.69. The molecule has 1 aromatic rings. The lowest BCUT2D eigenvalue weighted by atomic mass is 9.91. The van der Waals surface area contributed by atoms with Crippen LogP contribution in [0.1, 0.15) is 44.6 Å². The average Bonchev–Trinajstić information content (AvgIpc) is 2.86. The number of anilines is 1. The van der Waals surface area contributed by atoms with Crippen LogP contribution in [0.4, 0.5) is 5.69 Å². The first-order valence-corrected chi connectivity index (χ1v) is 8.75. The van der Waals surface area contributed by atoms with E-state index in [4.69, 9.17) is 5.73 Å². The molecular weight excluding hydrogens is 312 g/mol. The highest BCUT2D eigenvalue weighted by molar-refractivity contribution is 9.10. The Balaban J connectivity index is 1.82. The maximum atomic E-state index is 5.90. The minimum Gasteiger partial charge on any atom is -0.367 e. The lowest BCUT2D eigenvalue weighted by molar-refractivity contribution is 0.362. The zero-order valence-electron chi connectivity index (χ0n) is 12.3. The first kappa shape index (κ1) is 14.4. The summed E-state index contributed by atoms with van der Waals surface area (Å²) in [7, 11) is 0. The summed E-state index contributed by atoms with van der Waals surface area (Å²) >= 11 is 3.79. The SMILES string of the molecule is CC(N)Cc1ccc(N2CCCC3CCCC32)c(Br)c1. The summed E-state index contributed by atoms with van der Waals surface area (Å²) in [5, 5.41) is 0. The second-order valence-electron chi connectivity index (χ2n) is 6.56. The van der Waals surface area contributed by atoms with Crippen LogP contribution in [0.5, 0.6) is 0 Å². The Kier molecular flexibility index (Phi) is 4.37. The molecule has 3 heteroatoms. The molecule has 1 heterocycles. The van der Waals surface area contributed by atoms with Gasteiger partial charge in [-0.2, -0.15) is 0 Å². The van der Waals surface area contributed by atoms with Crippen molar-refractivity contribution in [3.8, 4) is 0 Å². The van der Waals surface area contributed by atoms with Crippen molar-refractivity contribution in [1.29, 1.82) is 0 Å². The summed E-state index contributed by atoms with van der Waals surface area (Å²) in [6.45, 7) is 3.28. The molecular formula is C17H25BrN2. The van der Waals surface area contributed by atoms with Gasteiger partial charge < -0.3 is 10.6 Å². The number of fused-ring (bicyclic) bond motifs is 1. The van der Waals surface area contributed by atoms with Gasteiger partial charge in [0.25, 0.3) is 0 Å². The fraction of sp³-hybridized carbons (Fsp3) is 0.647. The van der Waals surface area contributed by atoms with Crippen LogP contribution in [0.2, 0.25) is 0 Å². The number of rotatable bonds is 3. The molecule has 110 valence electrons. The van der Waals surface area contributed by atoms with Gasteiger partial charge in [0, 0.05) is 23.1 Å². The van der Waals surface area contributed by atoms with Crippen LogP contribution >= 0.6 is 15.9 Å². The highest BCUT2D eigenvalue weighted by atomic mass is 79.9. The molecule has 20 heavy (non-hydrogen) atoms. The third-order valence-corrected chi connectivity index (χ3v) is 5.51. The Morgan fingerprint density at radius 2 is 2.10 bits per heavy atom. The summed E-state index contributed by atoms with van der Waals surface area (Å²) in [5.41, 5.74) is 8.61. The van der Waals surface area contributed by atoms with E-state index < -0.39 is 0 Å². The van der Waals surface area contributed by atoms with Crippen LogP contribution in [0.3, 0.4) is 0 Å². The number of hydrogen-bond donors (Lipinski definition) is 1. The van der Waals surface area contributed by atoms with Gasteiger partial charge in [-0.15, -0.1) is 0 Å². The maximum Gasteiger partial charge on any atom is 0.0513 e. The zero-order chi connectivity index (χ0) is 14.1. The smallest absolute Gasteiger partial charge is 0.0513 e. The normalized spacial score (nSPS) is 27.4. The van der Waals surface area contributed by atoms with Crippen molar-refractivity contribution in [3.63, 3.8) is 0 Å². The summed E-state index contributed by atoms with van der Waals surface area (Å²) in [6, 6.07) is 7.81. The second-order valence-corrected chi connectivity index (χ2v) is 7.42. The average molecular weight is 337 g/mol. The second kappa shape index (κ2) is 6.07. The van der Waals surface area contributed by atoms with Crippen molar-refractivity contribution in [2.45, 2.75) is 57.5 Å². The molecule has 0 spiro atoms. The van der Waals surface area contributed by atoms with Crippen molar-refractivity contribution < 1.29 is 0 Å². The van der Waals surface area contributed by atoms with Crippen LogP contribution in [0.25, 0.3) is 0 Å². The van der Waals surface area contributed by atoms with Gasteiger partial charge in [-0.3, -0.25) is 0 Å². The minimum absolute atomic E-state index is 0.224. The van der Waals surface area contributed by atoms with Gasteiger partial charge >= 0.3 is 0 Å². The molecule has 0 radical (unpaired) electrons. The minimum atomic E-state index is 0.224. The number of halogens is 1. The summed E-state index contributed by atoms with van der Waals surface area (Å²) in [6.07, 6.45) is 7.94. The number of hydrogen-bond acceptors (Lipinski definition) is 2. The first-order valence-electron chi connectivity index (χ1n) is 7.96. The molecule has 1 aliphatic heterocycles. The van der Waals surface area contributed by atoms with Crippen molar-refractivity contribution in [2.75, 3.05) is 11.4 Å². The van der Waals surface area contributed by atoms with Crippen molar-refractivity contribution >= 4 is 21.6 Å². The van der Waals surface area contributed by atoms with E-state index in [2.05, 4.69) is 46.0 Å². The Morgan fingerprint density at radius 1 is 1.30 bits per heavy atom. The van der Waals surface area contributed by atoms with E-state index in [-0.39, 0.29) is 6.04 Å². The lowest BCUT2D eigenvalue weighted by Crippen LogP contribution is -2.42. The molecule has 1 saturated carbocycles. The molecule has 3 atom stereocenters. The van der Waals surface area contributed by atoms with Crippen molar-refractivity contribution in [2.24, 2.45) is 11.7 Å². The van der Waals surface area contributed by atoms with E-state index in [9.17, 15) is 0 Å². The van der Waals surface area contributed by atoms with Gasteiger partial charge in [-0.1, -0.05) is 12.5 Å². The first-order chi connectivity index (χ1) is 9.65. The van der Waals surface area contributed by atoms with E-state index in [0.717, 1.165) is 18.4 Å². The van der Waals surface area contributed by atoms with Crippen LogP contribution in [-0.4, -0.2) is 18.6 Å². The van der Waals surface area contributed by atoms with E-state index >= 15 is 0 Å². The van der Waals surface area contributed by atoms with Gasteiger partial charge in [0.15, 0.2) is 0 Å². The highest BCUT2D eigenvalue weighted by Gasteiger charge is 2.35. The topological polar surface area (TPSA) is 29.3 Å². The summed E-state index contributed by atoms with van der Waals surface area (Å²) < 4.78 is 1.24. The van der Waals surface area contributed by atoms with E-state index in [1.54, 1.807) is 0 Å². The molecule has 2 fully saturated rings. The van der Waals surface area contributed by atoms with Crippen molar-refractivity contribution in [1.82, 2.24) is 0 Å². The Labute approximate surface area is 130 Å². The lowest BCUT2D eigenvalue weighted by Gasteiger charge is -2.40. The molecule has 2 nitrogen and oxygen atoms in total. The quantitative estimate of drug-likeness (QED) is 0.899. The van der Waals surface area contributed by atoms with Crippen LogP contribution in [0, 0.1) is 5.92 Å². The summed E-state index contributed by atoms with van der Waals surface area (Å²) in [4.78, 5) is 2.65. The Morgan fingerprint density at radius 3 is 2.85 bits per heavy atom.